The number of hydrogen-bond acceptors (Lipinski definition) is 7. The number of amides is 1. The highest BCUT2D eigenvalue weighted by atomic mass is 16.2. The lowest BCUT2D eigenvalue weighted by atomic mass is 10.0. The van der Waals surface area contributed by atoms with Crippen molar-refractivity contribution >= 4 is 23.4 Å². The van der Waals surface area contributed by atoms with E-state index in [-0.39, 0.29) is 0 Å². The Morgan fingerprint density at radius 3 is 2.61 bits per heavy atom. The molecule has 2 N–H and O–H groups in total. The highest BCUT2D eigenvalue weighted by Crippen LogP contribution is 2.33. The number of likely N-dealkylation sites (N-methyl/N-ethyl adjacent to an activating group) is 1. The third kappa shape index (κ3) is 4.81. The standard InChI is InChI=1S/C22H32N8O/c1-15-11-20(27-26-15)24-19-13-21(29-9-7-28(2)8-10-29)25-18(23-19)12-16-5-6-30(14-16)22(31)17-3-4-17/h11,13,16-17H,3-10,12,14H2,1-2H3,(H2,23,24,25,26,27)/t16-/m0/s1. The molecular weight excluding hydrogens is 392 g/mol. The minimum atomic E-state index is 0.295. The quantitative estimate of drug-likeness (QED) is 0.730. The smallest absolute Gasteiger partial charge is 0.225 e. The van der Waals surface area contributed by atoms with Crippen molar-refractivity contribution in [2.45, 2.75) is 32.6 Å². The average Bonchev–Trinajstić information content (AvgIpc) is 3.38. The minimum absolute atomic E-state index is 0.295. The number of anilines is 3. The van der Waals surface area contributed by atoms with Gasteiger partial charge in [-0.1, -0.05) is 0 Å². The van der Waals surface area contributed by atoms with Gasteiger partial charge in [0.05, 0.1) is 0 Å². The molecule has 2 aromatic rings. The maximum atomic E-state index is 12.4. The zero-order valence-electron chi connectivity index (χ0n) is 18.5. The molecular formula is C22H32N8O. The van der Waals surface area contributed by atoms with Crippen molar-refractivity contribution < 1.29 is 4.79 Å². The summed E-state index contributed by atoms with van der Waals surface area (Å²) in [5.74, 6) is 4.41. The van der Waals surface area contributed by atoms with E-state index in [0.717, 1.165) is 93.9 Å². The summed E-state index contributed by atoms with van der Waals surface area (Å²) in [6, 6.07) is 3.99. The number of aromatic amines is 1. The van der Waals surface area contributed by atoms with Gasteiger partial charge in [0.1, 0.15) is 17.5 Å². The molecule has 4 heterocycles. The molecule has 0 aromatic carbocycles. The van der Waals surface area contributed by atoms with E-state index in [9.17, 15) is 4.79 Å². The molecule has 0 spiro atoms. The Bertz CT molecular complexity index is 931. The van der Waals surface area contributed by atoms with Crippen LogP contribution >= 0.6 is 0 Å². The molecule has 3 fully saturated rings. The number of H-pyrrole nitrogens is 1. The van der Waals surface area contributed by atoms with Crippen LogP contribution < -0.4 is 10.2 Å². The number of aryl methyl sites for hydroxylation is 1. The number of nitrogens with one attached hydrogen (secondary N) is 2. The zero-order valence-corrected chi connectivity index (χ0v) is 18.5. The van der Waals surface area contributed by atoms with E-state index >= 15 is 0 Å². The summed E-state index contributed by atoms with van der Waals surface area (Å²) in [6.45, 7) is 7.66. The van der Waals surface area contributed by atoms with Crippen molar-refractivity contribution in [3.63, 3.8) is 0 Å². The van der Waals surface area contributed by atoms with Crippen LogP contribution in [0.15, 0.2) is 12.1 Å². The lowest BCUT2D eigenvalue weighted by Crippen LogP contribution is -2.45. The Labute approximate surface area is 183 Å². The van der Waals surface area contributed by atoms with Crippen molar-refractivity contribution in [3.05, 3.63) is 23.7 Å². The Balaban J connectivity index is 1.33. The van der Waals surface area contributed by atoms with E-state index in [1.807, 2.05) is 19.1 Å². The van der Waals surface area contributed by atoms with Crippen LogP contribution in [0.2, 0.25) is 0 Å². The van der Waals surface area contributed by atoms with Gasteiger partial charge in [0, 0.05) is 69.4 Å². The molecule has 1 atom stereocenters. The van der Waals surface area contributed by atoms with Gasteiger partial charge < -0.3 is 20.0 Å². The monoisotopic (exact) mass is 424 g/mol. The predicted octanol–water partition coefficient (Wildman–Crippen LogP) is 1.80. The van der Waals surface area contributed by atoms with Crippen LogP contribution in [0, 0.1) is 18.8 Å². The van der Waals surface area contributed by atoms with Crippen LogP contribution in [0.25, 0.3) is 0 Å². The van der Waals surface area contributed by atoms with Gasteiger partial charge in [0.25, 0.3) is 0 Å². The van der Waals surface area contributed by atoms with Gasteiger partial charge in [0.2, 0.25) is 5.91 Å². The number of rotatable bonds is 6. The predicted molar refractivity (Wildman–Crippen MR) is 119 cm³/mol. The molecule has 1 amide bonds. The second-order valence-corrected chi connectivity index (χ2v) is 9.30. The maximum absolute atomic E-state index is 12.4. The van der Waals surface area contributed by atoms with E-state index in [0.29, 0.717) is 17.7 Å². The highest BCUT2D eigenvalue weighted by Gasteiger charge is 2.36. The normalized spacial score (nSPS) is 22.2. The van der Waals surface area contributed by atoms with Crippen LogP contribution in [-0.2, 0) is 11.2 Å². The molecule has 3 aliphatic rings. The summed E-state index contributed by atoms with van der Waals surface area (Å²) in [5, 5.41) is 10.6. The summed E-state index contributed by atoms with van der Waals surface area (Å²) >= 11 is 0. The highest BCUT2D eigenvalue weighted by molar-refractivity contribution is 5.81. The zero-order chi connectivity index (χ0) is 21.4. The fourth-order valence-corrected chi connectivity index (χ4v) is 4.50. The number of nitrogens with zero attached hydrogens (tertiary/aromatic N) is 6. The average molecular weight is 425 g/mol. The van der Waals surface area contributed by atoms with Gasteiger partial charge in [0.15, 0.2) is 5.82 Å². The molecule has 0 bridgehead atoms. The number of carbonyl (C=O) groups is 1. The topological polar surface area (TPSA) is 93.3 Å². The van der Waals surface area contributed by atoms with Crippen LogP contribution in [0.3, 0.4) is 0 Å². The molecule has 5 rings (SSSR count). The summed E-state index contributed by atoms with van der Waals surface area (Å²) in [7, 11) is 2.16. The second kappa shape index (κ2) is 8.45. The Morgan fingerprint density at radius 2 is 1.90 bits per heavy atom. The Morgan fingerprint density at radius 1 is 1.10 bits per heavy atom. The van der Waals surface area contributed by atoms with Gasteiger partial charge in [-0.2, -0.15) is 5.10 Å². The molecule has 9 nitrogen and oxygen atoms in total. The fraction of sp³-hybridized carbons (Fsp3) is 0.636. The molecule has 9 heteroatoms. The van der Waals surface area contributed by atoms with Gasteiger partial charge in [-0.3, -0.25) is 9.89 Å². The van der Waals surface area contributed by atoms with Crippen molar-refractivity contribution in [3.8, 4) is 0 Å². The van der Waals surface area contributed by atoms with Crippen LogP contribution in [-0.4, -0.2) is 82.2 Å². The summed E-state index contributed by atoms with van der Waals surface area (Å²) in [4.78, 5) is 28.9. The molecule has 31 heavy (non-hydrogen) atoms. The second-order valence-electron chi connectivity index (χ2n) is 9.30. The molecule has 0 unspecified atom stereocenters. The lowest BCUT2D eigenvalue weighted by molar-refractivity contribution is -0.131. The van der Waals surface area contributed by atoms with Crippen molar-refractivity contribution in [1.29, 1.82) is 0 Å². The third-order valence-electron chi connectivity index (χ3n) is 6.54. The van der Waals surface area contributed by atoms with Gasteiger partial charge in [-0.25, -0.2) is 9.97 Å². The summed E-state index contributed by atoms with van der Waals surface area (Å²) < 4.78 is 0. The number of carbonyl (C=O) groups excluding carboxylic acids is 1. The molecule has 1 saturated carbocycles. The SMILES string of the molecule is Cc1cc(Nc2cc(N3CCN(C)CC3)nc(C[C@@H]3CCN(C(=O)C4CC4)C3)n2)n[nH]1. The fourth-order valence-electron chi connectivity index (χ4n) is 4.50. The molecule has 2 aromatic heterocycles. The van der Waals surface area contributed by atoms with Gasteiger partial charge in [-0.15, -0.1) is 0 Å². The van der Waals surface area contributed by atoms with Crippen molar-refractivity contribution in [1.82, 2.24) is 30.0 Å². The summed E-state index contributed by atoms with van der Waals surface area (Å²) in [6.07, 6.45) is 3.96. The summed E-state index contributed by atoms with van der Waals surface area (Å²) in [5.41, 5.74) is 1.00. The molecule has 1 aliphatic carbocycles. The molecule has 0 radical (unpaired) electrons. The maximum Gasteiger partial charge on any atom is 0.225 e. The van der Waals surface area contributed by atoms with Crippen molar-refractivity contribution in [2.75, 3.05) is 56.5 Å². The van der Waals surface area contributed by atoms with Gasteiger partial charge in [-0.05, 0) is 39.2 Å². The minimum Gasteiger partial charge on any atom is -0.354 e. The third-order valence-corrected chi connectivity index (χ3v) is 6.54. The largest absolute Gasteiger partial charge is 0.354 e. The first-order valence-corrected chi connectivity index (χ1v) is 11.4. The first-order valence-electron chi connectivity index (χ1n) is 11.4. The van der Waals surface area contributed by atoms with Crippen LogP contribution in [0.1, 0.15) is 30.8 Å². The number of aromatic nitrogens is 4. The van der Waals surface area contributed by atoms with Gasteiger partial charge >= 0.3 is 0 Å². The number of hydrogen-bond donors (Lipinski definition) is 2. The Kier molecular flexibility index (Phi) is 5.52. The number of likely N-dealkylation sites (tertiary alicyclic amines) is 1. The first kappa shape index (κ1) is 20.2. The Hall–Kier alpha value is -2.68. The number of piperazine rings is 1. The van der Waals surface area contributed by atoms with E-state index < -0.39 is 0 Å². The van der Waals surface area contributed by atoms with Crippen molar-refractivity contribution in [2.24, 2.45) is 11.8 Å². The molecule has 166 valence electrons. The van der Waals surface area contributed by atoms with E-state index in [4.69, 9.17) is 9.97 Å². The van der Waals surface area contributed by atoms with E-state index in [1.54, 1.807) is 0 Å². The molecule has 2 saturated heterocycles. The van der Waals surface area contributed by atoms with E-state index in [1.165, 1.54) is 0 Å². The van der Waals surface area contributed by atoms with Crippen LogP contribution in [0.5, 0.6) is 0 Å². The molecule has 2 aliphatic heterocycles. The lowest BCUT2D eigenvalue weighted by Gasteiger charge is -2.33. The van der Waals surface area contributed by atoms with Crippen LogP contribution in [0.4, 0.5) is 17.5 Å². The van der Waals surface area contributed by atoms with E-state index in [2.05, 4.69) is 37.3 Å². The first-order chi connectivity index (χ1) is 15.0.